The van der Waals surface area contributed by atoms with Crippen molar-refractivity contribution in [3.05, 3.63) is 43.9 Å². The van der Waals surface area contributed by atoms with E-state index in [-0.39, 0.29) is 4.21 Å². The summed E-state index contributed by atoms with van der Waals surface area (Å²) >= 11 is 11.9. The van der Waals surface area contributed by atoms with Gasteiger partial charge in [-0.3, -0.25) is 4.79 Å². The Morgan fingerprint density at radius 3 is 2.72 bits per heavy atom. The van der Waals surface area contributed by atoms with E-state index < -0.39 is 22.0 Å². The molecule has 0 radical (unpaired) electrons. The minimum absolute atomic E-state index is 0.151. The summed E-state index contributed by atoms with van der Waals surface area (Å²) in [5, 5.41) is 0. The number of thiophene rings is 1. The molecule has 0 spiro atoms. The number of carbonyl (C=O) groups is 1. The predicted molar refractivity (Wildman–Crippen MR) is 120 cm³/mol. The zero-order valence-electron chi connectivity index (χ0n) is 15.3. The molecule has 4 rings (SSSR count). The lowest BCUT2D eigenvalue weighted by molar-refractivity contribution is -0.122. The minimum atomic E-state index is -3.79. The first-order valence-corrected chi connectivity index (χ1v) is 13.1. The van der Waals surface area contributed by atoms with Gasteiger partial charge in [0.25, 0.3) is 15.9 Å². The maximum atomic E-state index is 13.1. The topological polar surface area (TPSA) is 71.7 Å². The molecule has 3 aromatic rings. The lowest BCUT2D eigenvalue weighted by Gasteiger charge is -2.31. The third kappa shape index (κ3) is 3.98. The zero-order chi connectivity index (χ0) is 20.8. The Morgan fingerprint density at radius 2 is 2.03 bits per heavy atom. The normalized spacial score (nSPS) is 19.1. The van der Waals surface area contributed by atoms with Crippen LogP contribution in [-0.4, -0.2) is 35.8 Å². The second kappa shape index (κ2) is 8.24. The standard InChI is InChI=1S/C18H17BrClN3O3S3/c1-22-16-11(19)5-4-7-13(16)27-18(22)21-17(24)12-6-2-3-10-23(12)29(25,26)15-9-8-14(20)28-15/h4-5,7-9,12H,2-3,6,10H2,1H3. The highest BCUT2D eigenvalue weighted by molar-refractivity contribution is 9.10. The van der Waals surface area contributed by atoms with E-state index in [0.29, 0.717) is 28.5 Å². The zero-order valence-corrected chi connectivity index (χ0v) is 20.1. The lowest BCUT2D eigenvalue weighted by atomic mass is 10.0. The first kappa shape index (κ1) is 21.2. The van der Waals surface area contributed by atoms with Crippen molar-refractivity contribution in [1.29, 1.82) is 0 Å². The van der Waals surface area contributed by atoms with Crippen LogP contribution in [0.5, 0.6) is 0 Å². The van der Waals surface area contributed by atoms with E-state index in [9.17, 15) is 13.2 Å². The van der Waals surface area contributed by atoms with Gasteiger partial charge in [0.05, 0.1) is 14.6 Å². The maximum Gasteiger partial charge on any atom is 0.266 e. The molecular weight excluding hydrogens is 518 g/mol. The molecule has 0 aliphatic carbocycles. The molecule has 29 heavy (non-hydrogen) atoms. The summed E-state index contributed by atoms with van der Waals surface area (Å²) in [5.74, 6) is -0.436. The molecule has 1 fully saturated rings. The molecule has 1 aliphatic rings. The fourth-order valence-corrected chi connectivity index (χ4v) is 8.50. The van der Waals surface area contributed by atoms with Crippen LogP contribution in [0.1, 0.15) is 19.3 Å². The number of rotatable bonds is 3. The molecule has 1 aromatic carbocycles. The molecule has 0 N–H and O–H groups in total. The summed E-state index contributed by atoms with van der Waals surface area (Å²) in [6.07, 6.45) is 1.96. The number of para-hydroxylation sites is 1. The number of piperidine rings is 1. The molecule has 0 saturated carbocycles. The summed E-state index contributed by atoms with van der Waals surface area (Å²) < 4.78 is 31.8. The van der Waals surface area contributed by atoms with Gasteiger partial charge in [-0.05, 0) is 53.0 Å². The van der Waals surface area contributed by atoms with E-state index in [1.54, 1.807) is 6.07 Å². The largest absolute Gasteiger partial charge is 0.318 e. The van der Waals surface area contributed by atoms with Gasteiger partial charge in [0.2, 0.25) is 0 Å². The van der Waals surface area contributed by atoms with Crippen LogP contribution in [0.4, 0.5) is 0 Å². The van der Waals surface area contributed by atoms with Crippen LogP contribution in [0.2, 0.25) is 4.34 Å². The van der Waals surface area contributed by atoms with Gasteiger partial charge in [-0.25, -0.2) is 8.42 Å². The number of aromatic nitrogens is 1. The van der Waals surface area contributed by atoms with Crippen molar-refractivity contribution in [1.82, 2.24) is 8.87 Å². The summed E-state index contributed by atoms with van der Waals surface area (Å²) in [6.45, 7) is 0.299. The van der Waals surface area contributed by atoms with Crippen molar-refractivity contribution in [2.75, 3.05) is 6.54 Å². The number of sulfonamides is 1. The number of nitrogens with zero attached hydrogens (tertiary/aromatic N) is 3. The predicted octanol–water partition coefficient (Wildman–Crippen LogP) is 4.39. The van der Waals surface area contributed by atoms with E-state index >= 15 is 0 Å². The highest BCUT2D eigenvalue weighted by atomic mass is 79.9. The second-order valence-electron chi connectivity index (χ2n) is 6.67. The van der Waals surface area contributed by atoms with Gasteiger partial charge in [-0.1, -0.05) is 35.4 Å². The molecule has 1 saturated heterocycles. The van der Waals surface area contributed by atoms with Crippen LogP contribution in [0.25, 0.3) is 10.2 Å². The van der Waals surface area contributed by atoms with E-state index in [4.69, 9.17) is 11.6 Å². The van der Waals surface area contributed by atoms with Crippen LogP contribution in [0.3, 0.4) is 0 Å². The Labute approximate surface area is 189 Å². The number of amides is 1. The van der Waals surface area contributed by atoms with Crippen LogP contribution in [-0.2, 0) is 21.9 Å². The number of thiazole rings is 1. The number of fused-ring (bicyclic) bond motifs is 1. The van der Waals surface area contributed by atoms with Gasteiger partial charge >= 0.3 is 0 Å². The van der Waals surface area contributed by atoms with Crippen LogP contribution in [0, 0.1) is 0 Å². The van der Waals surface area contributed by atoms with Gasteiger partial charge in [-0.2, -0.15) is 9.30 Å². The van der Waals surface area contributed by atoms with Gasteiger partial charge in [-0.15, -0.1) is 11.3 Å². The molecule has 1 amide bonds. The number of benzene rings is 1. The van der Waals surface area contributed by atoms with Crippen molar-refractivity contribution in [2.24, 2.45) is 12.0 Å². The molecule has 0 bridgehead atoms. The fourth-order valence-electron chi connectivity index (χ4n) is 3.42. The summed E-state index contributed by atoms with van der Waals surface area (Å²) in [6, 6.07) is 8.06. The van der Waals surface area contributed by atoms with Crippen LogP contribution in [0.15, 0.2) is 44.0 Å². The Morgan fingerprint density at radius 1 is 1.24 bits per heavy atom. The molecule has 2 aromatic heterocycles. The van der Waals surface area contributed by atoms with Crippen molar-refractivity contribution >= 4 is 76.4 Å². The van der Waals surface area contributed by atoms with E-state index in [2.05, 4.69) is 20.9 Å². The number of aryl methyl sites for hydroxylation is 1. The Balaban J connectivity index is 1.73. The molecular formula is C18H17BrClN3O3S3. The van der Waals surface area contributed by atoms with E-state index in [1.807, 2.05) is 29.8 Å². The number of halogens is 2. The average Bonchev–Trinajstić information content (AvgIpc) is 3.27. The first-order chi connectivity index (χ1) is 13.8. The molecule has 3 heterocycles. The molecule has 1 unspecified atom stereocenters. The molecule has 11 heteroatoms. The third-order valence-electron chi connectivity index (χ3n) is 4.83. The van der Waals surface area contributed by atoms with E-state index in [0.717, 1.165) is 32.4 Å². The summed E-state index contributed by atoms with van der Waals surface area (Å²) in [5.41, 5.74) is 0.949. The summed E-state index contributed by atoms with van der Waals surface area (Å²) in [4.78, 5) is 17.9. The highest BCUT2D eigenvalue weighted by Crippen LogP contribution is 2.32. The number of hydrogen-bond donors (Lipinski definition) is 0. The Bertz CT molecular complexity index is 1260. The van der Waals surface area contributed by atoms with Crippen LogP contribution >= 0.6 is 50.2 Å². The van der Waals surface area contributed by atoms with E-state index in [1.165, 1.54) is 21.7 Å². The lowest BCUT2D eigenvalue weighted by Crippen LogP contribution is -2.47. The summed E-state index contributed by atoms with van der Waals surface area (Å²) in [7, 11) is -1.95. The maximum absolute atomic E-state index is 13.1. The number of hydrogen-bond acceptors (Lipinski definition) is 5. The van der Waals surface area contributed by atoms with Crippen molar-refractivity contribution in [3.63, 3.8) is 0 Å². The quantitative estimate of drug-likeness (QED) is 0.500. The van der Waals surface area contributed by atoms with Crippen molar-refractivity contribution in [3.8, 4) is 0 Å². The van der Waals surface area contributed by atoms with Gasteiger partial charge in [0, 0.05) is 18.1 Å². The second-order valence-corrected chi connectivity index (χ2v) is 12.4. The molecule has 6 nitrogen and oxygen atoms in total. The Kier molecular flexibility index (Phi) is 6.02. The first-order valence-electron chi connectivity index (χ1n) is 8.89. The smallest absolute Gasteiger partial charge is 0.266 e. The van der Waals surface area contributed by atoms with Gasteiger partial charge in [0.15, 0.2) is 4.80 Å². The fraction of sp³-hybridized carbons (Fsp3) is 0.333. The minimum Gasteiger partial charge on any atom is -0.318 e. The highest BCUT2D eigenvalue weighted by Gasteiger charge is 2.38. The average molecular weight is 535 g/mol. The van der Waals surface area contributed by atoms with Crippen molar-refractivity contribution < 1.29 is 13.2 Å². The Hall–Kier alpha value is -1.04. The number of carbonyl (C=O) groups excluding carboxylic acids is 1. The monoisotopic (exact) mass is 533 g/mol. The SMILES string of the molecule is Cn1c(=NC(=O)C2CCCCN2S(=O)(=O)c2ccc(Cl)s2)sc2cccc(Br)c21. The molecule has 154 valence electrons. The van der Waals surface area contributed by atoms with Crippen LogP contribution < -0.4 is 4.80 Å². The molecule has 1 aliphatic heterocycles. The van der Waals surface area contributed by atoms with Gasteiger partial charge < -0.3 is 4.57 Å². The van der Waals surface area contributed by atoms with Crippen molar-refractivity contribution in [2.45, 2.75) is 29.5 Å². The van der Waals surface area contributed by atoms with Gasteiger partial charge in [0.1, 0.15) is 10.3 Å². The molecule has 1 atom stereocenters. The third-order valence-corrected chi connectivity index (χ3v) is 10.2.